The average Bonchev–Trinajstić information content (AvgIpc) is 2.85. The highest BCUT2D eigenvalue weighted by atomic mass is 32.1. The normalized spacial score (nSPS) is 26.9. The third kappa shape index (κ3) is 2.34. The molecule has 0 amide bonds. The van der Waals surface area contributed by atoms with Crippen molar-refractivity contribution in [3.63, 3.8) is 0 Å². The summed E-state index contributed by atoms with van der Waals surface area (Å²) in [6.07, 6.45) is 7.46. The Morgan fingerprint density at radius 3 is 3.21 bits per heavy atom. The van der Waals surface area contributed by atoms with E-state index in [0.29, 0.717) is 0 Å². The smallest absolute Gasteiger partial charge is 0.0794 e. The lowest BCUT2D eigenvalue weighted by molar-refractivity contribution is 0.390. The zero-order valence-electron chi connectivity index (χ0n) is 8.70. The highest BCUT2D eigenvalue weighted by Crippen LogP contribution is 2.28. The Balaban J connectivity index is 1.80. The molecule has 0 saturated heterocycles. The lowest BCUT2D eigenvalue weighted by Crippen LogP contribution is -2.31. The van der Waals surface area contributed by atoms with Gasteiger partial charge in [0.25, 0.3) is 0 Å². The van der Waals surface area contributed by atoms with E-state index >= 15 is 0 Å². The summed E-state index contributed by atoms with van der Waals surface area (Å²) in [6, 6.07) is 0.752. The topological polar surface area (TPSA) is 24.9 Å². The first-order valence-corrected chi connectivity index (χ1v) is 6.39. The molecule has 1 fully saturated rings. The lowest BCUT2D eigenvalue weighted by Gasteiger charge is -2.18. The molecule has 1 aromatic heterocycles. The first-order chi connectivity index (χ1) is 6.90. The third-order valence-corrected chi connectivity index (χ3v) is 3.99. The minimum atomic E-state index is 0.752. The van der Waals surface area contributed by atoms with Crippen molar-refractivity contribution in [1.82, 2.24) is 10.3 Å². The molecule has 1 aromatic rings. The zero-order valence-corrected chi connectivity index (χ0v) is 9.52. The largest absolute Gasteiger partial charge is 0.309 e. The van der Waals surface area contributed by atoms with Crippen LogP contribution in [0.5, 0.6) is 0 Å². The van der Waals surface area contributed by atoms with Gasteiger partial charge in [0.1, 0.15) is 0 Å². The van der Waals surface area contributed by atoms with Gasteiger partial charge in [0.05, 0.1) is 5.51 Å². The van der Waals surface area contributed by atoms with Crippen LogP contribution in [0.1, 0.15) is 37.5 Å². The van der Waals surface area contributed by atoms with Crippen LogP contribution in [0.25, 0.3) is 0 Å². The van der Waals surface area contributed by atoms with Gasteiger partial charge >= 0.3 is 0 Å². The lowest BCUT2D eigenvalue weighted by atomic mass is 10.0. The van der Waals surface area contributed by atoms with Gasteiger partial charge in [-0.1, -0.05) is 19.8 Å². The Morgan fingerprint density at radius 1 is 1.57 bits per heavy atom. The Bertz CT molecular complexity index is 258. The molecule has 14 heavy (non-hydrogen) atoms. The van der Waals surface area contributed by atoms with Crippen LogP contribution in [0.2, 0.25) is 0 Å². The first-order valence-electron chi connectivity index (χ1n) is 5.51. The SMILES string of the molecule is CCC1CCCC1NCc1cncs1. The van der Waals surface area contributed by atoms with Crippen molar-refractivity contribution in [2.75, 3.05) is 0 Å². The van der Waals surface area contributed by atoms with Crippen molar-refractivity contribution in [2.45, 2.75) is 45.2 Å². The number of rotatable bonds is 4. The fourth-order valence-electron chi connectivity index (χ4n) is 2.36. The minimum absolute atomic E-state index is 0.752. The van der Waals surface area contributed by atoms with E-state index in [1.54, 1.807) is 11.3 Å². The van der Waals surface area contributed by atoms with Crippen molar-refractivity contribution >= 4 is 11.3 Å². The second-order valence-corrected chi connectivity index (χ2v) is 5.03. The number of nitrogens with one attached hydrogen (secondary N) is 1. The molecule has 78 valence electrons. The van der Waals surface area contributed by atoms with Crippen LogP contribution in [0, 0.1) is 5.92 Å². The third-order valence-electron chi connectivity index (χ3n) is 3.21. The molecule has 2 unspecified atom stereocenters. The van der Waals surface area contributed by atoms with Crippen molar-refractivity contribution in [3.05, 3.63) is 16.6 Å². The summed E-state index contributed by atoms with van der Waals surface area (Å²) in [5.74, 6) is 0.905. The van der Waals surface area contributed by atoms with Gasteiger partial charge in [-0.15, -0.1) is 11.3 Å². The van der Waals surface area contributed by atoms with E-state index in [0.717, 1.165) is 18.5 Å². The second kappa shape index (κ2) is 4.89. The van der Waals surface area contributed by atoms with Crippen LogP contribution in [0.3, 0.4) is 0 Å². The monoisotopic (exact) mass is 210 g/mol. The zero-order chi connectivity index (χ0) is 9.80. The summed E-state index contributed by atoms with van der Waals surface area (Å²) >= 11 is 1.74. The van der Waals surface area contributed by atoms with Crippen LogP contribution in [-0.4, -0.2) is 11.0 Å². The van der Waals surface area contributed by atoms with Gasteiger partial charge in [-0.05, 0) is 18.8 Å². The Morgan fingerprint density at radius 2 is 2.50 bits per heavy atom. The van der Waals surface area contributed by atoms with Crippen LogP contribution in [0.15, 0.2) is 11.7 Å². The highest BCUT2D eigenvalue weighted by Gasteiger charge is 2.24. The summed E-state index contributed by atoms with van der Waals surface area (Å²) < 4.78 is 0. The summed E-state index contributed by atoms with van der Waals surface area (Å²) in [4.78, 5) is 5.44. The van der Waals surface area contributed by atoms with Gasteiger partial charge in [-0.25, -0.2) is 0 Å². The molecule has 2 nitrogen and oxygen atoms in total. The van der Waals surface area contributed by atoms with Crippen molar-refractivity contribution in [1.29, 1.82) is 0 Å². The van der Waals surface area contributed by atoms with Gasteiger partial charge in [-0.3, -0.25) is 4.98 Å². The first kappa shape index (κ1) is 10.1. The van der Waals surface area contributed by atoms with Crippen molar-refractivity contribution in [3.8, 4) is 0 Å². The van der Waals surface area contributed by atoms with Crippen LogP contribution < -0.4 is 5.32 Å². The molecule has 2 rings (SSSR count). The van der Waals surface area contributed by atoms with E-state index in [2.05, 4.69) is 17.2 Å². The van der Waals surface area contributed by atoms with E-state index in [-0.39, 0.29) is 0 Å². The minimum Gasteiger partial charge on any atom is -0.309 e. The van der Waals surface area contributed by atoms with Gasteiger partial charge in [0.2, 0.25) is 0 Å². The molecule has 0 bridgehead atoms. The van der Waals surface area contributed by atoms with Crippen LogP contribution in [-0.2, 0) is 6.54 Å². The predicted molar refractivity (Wildman–Crippen MR) is 60.4 cm³/mol. The summed E-state index contributed by atoms with van der Waals surface area (Å²) in [6.45, 7) is 3.31. The average molecular weight is 210 g/mol. The maximum atomic E-state index is 4.09. The number of hydrogen-bond donors (Lipinski definition) is 1. The molecule has 0 aromatic carbocycles. The molecule has 1 aliphatic carbocycles. The summed E-state index contributed by atoms with van der Waals surface area (Å²) in [7, 11) is 0. The van der Waals surface area contributed by atoms with E-state index in [4.69, 9.17) is 0 Å². The molecular weight excluding hydrogens is 192 g/mol. The van der Waals surface area contributed by atoms with E-state index < -0.39 is 0 Å². The summed E-state index contributed by atoms with van der Waals surface area (Å²) in [5.41, 5.74) is 1.91. The second-order valence-electron chi connectivity index (χ2n) is 4.05. The Labute approximate surface area is 89.8 Å². The molecule has 3 heteroatoms. The molecule has 1 heterocycles. The van der Waals surface area contributed by atoms with Gasteiger partial charge in [-0.2, -0.15) is 0 Å². The maximum Gasteiger partial charge on any atom is 0.0794 e. The maximum absolute atomic E-state index is 4.09. The molecule has 1 N–H and O–H groups in total. The number of aromatic nitrogens is 1. The molecule has 0 spiro atoms. The van der Waals surface area contributed by atoms with Gasteiger partial charge < -0.3 is 5.32 Å². The van der Waals surface area contributed by atoms with Crippen molar-refractivity contribution < 1.29 is 0 Å². The van der Waals surface area contributed by atoms with E-state index in [1.165, 1.54) is 30.6 Å². The van der Waals surface area contributed by atoms with Crippen molar-refractivity contribution in [2.24, 2.45) is 5.92 Å². The molecule has 2 atom stereocenters. The van der Waals surface area contributed by atoms with Gasteiger partial charge in [0, 0.05) is 23.7 Å². The predicted octanol–water partition coefficient (Wildman–Crippen LogP) is 2.81. The standard InChI is InChI=1S/C11H18N2S/c1-2-9-4-3-5-11(9)13-7-10-6-12-8-14-10/h6,8-9,11,13H,2-5,7H2,1H3. The summed E-state index contributed by atoms with van der Waals surface area (Å²) in [5, 5.41) is 3.66. The molecule has 0 aliphatic heterocycles. The fourth-order valence-corrected chi connectivity index (χ4v) is 2.90. The highest BCUT2D eigenvalue weighted by molar-refractivity contribution is 7.09. The Hall–Kier alpha value is -0.410. The number of thiazole rings is 1. The van der Waals surface area contributed by atoms with E-state index in [9.17, 15) is 0 Å². The number of nitrogens with zero attached hydrogens (tertiary/aromatic N) is 1. The molecule has 1 aliphatic rings. The Kier molecular flexibility index (Phi) is 3.54. The fraction of sp³-hybridized carbons (Fsp3) is 0.727. The molecule has 0 radical (unpaired) electrons. The van der Waals surface area contributed by atoms with E-state index in [1.807, 2.05) is 11.7 Å². The van der Waals surface area contributed by atoms with Crippen LogP contribution in [0.4, 0.5) is 0 Å². The molecule has 1 saturated carbocycles. The van der Waals surface area contributed by atoms with Gasteiger partial charge in [0.15, 0.2) is 0 Å². The number of hydrogen-bond acceptors (Lipinski definition) is 3. The quantitative estimate of drug-likeness (QED) is 0.826. The molecular formula is C11H18N2S. The van der Waals surface area contributed by atoms with Crippen LogP contribution >= 0.6 is 11.3 Å².